The van der Waals surface area contributed by atoms with Crippen LogP contribution in [0.4, 0.5) is 0 Å². The summed E-state index contributed by atoms with van der Waals surface area (Å²) in [7, 11) is 2.18. The molecular formula is C15H26N2. The number of benzene rings is 1. The zero-order valence-electron chi connectivity index (χ0n) is 11.4. The summed E-state index contributed by atoms with van der Waals surface area (Å²) in [4.78, 5) is 2.37. The number of hydrogen-bond donors (Lipinski definition) is 1. The maximum absolute atomic E-state index is 3.50. The van der Waals surface area contributed by atoms with Crippen LogP contribution in [0.3, 0.4) is 0 Å². The molecule has 17 heavy (non-hydrogen) atoms. The molecule has 1 aromatic rings. The van der Waals surface area contributed by atoms with Crippen molar-refractivity contribution in [1.29, 1.82) is 0 Å². The monoisotopic (exact) mass is 234 g/mol. The lowest BCUT2D eigenvalue weighted by molar-refractivity contribution is 0.273. The van der Waals surface area contributed by atoms with Gasteiger partial charge in [-0.15, -0.1) is 0 Å². The molecule has 0 spiro atoms. The second kappa shape index (κ2) is 8.26. The minimum absolute atomic E-state index is 0.640. The van der Waals surface area contributed by atoms with Gasteiger partial charge >= 0.3 is 0 Å². The molecule has 0 amide bonds. The lowest BCUT2D eigenvalue weighted by Gasteiger charge is -2.20. The number of hydrogen-bond acceptors (Lipinski definition) is 2. The first-order valence-electron chi connectivity index (χ1n) is 6.65. The highest BCUT2D eigenvalue weighted by Gasteiger charge is 2.01. The molecular weight excluding hydrogens is 208 g/mol. The van der Waals surface area contributed by atoms with Crippen molar-refractivity contribution in [1.82, 2.24) is 10.2 Å². The topological polar surface area (TPSA) is 15.3 Å². The molecule has 0 atom stereocenters. The second-order valence-electron chi connectivity index (χ2n) is 4.91. The van der Waals surface area contributed by atoms with Crippen molar-refractivity contribution in [3.05, 3.63) is 35.9 Å². The molecule has 0 heterocycles. The minimum atomic E-state index is 0.640. The first kappa shape index (κ1) is 14.2. The van der Waals surface area contributed by atoms with E-state index < -0.39 is 0 Å². The molecule has 2 heteroatoms. The van der Waals surface area contributed by atoms with Gasteiger partial charge in [-0.3, -0.25) is 0 Å². The van der Waals surface area contributed by atoms with Gasteiger partial charge in [0.15, 0.2) is 0 Å². The average molecular weight is 234 g/mol. The standard InChI is InChI=1S/C15H26N2/c1-14(2)17(3)13-12-16-11-7-10-15-8-5-4-6-9-15/h4-6,8-9,14,16H,7,10-13H2,1-3H3. The lowest BCUT2D eigenvalue weighted by Crippen LogP contribution is -2.34. The summed E-state index contributed by atoms with van der Waals surface area (Å²) in [5, 5.41) is 3.50. The number of nitrogens with one attached hydrogen (secondary N) is 1. The molecule has 0 unspecified atom stereocenters. The molecule has 0 aliphatic heterocycles. The van der Waals surface area contributed by atoms with Crippen LogP contribution in [0.2, 0.25) is 0 Å². The van der Waals surface area contributed by atoms with Crippen molar-refractivity contribution in [3.8, 4) is 0 Å². The molecule has 1 rings (SSSR count). The van der Waals surface area contributed by atoms with Gasteiger partial charge in [0.05, 0.1) is 0 Å². The van der Waals surface area contributed by atoms with Crippen molar-refractivity contribution in [3.63, 3.8) is 0 Å². The summed E-state index contributed by atoms with van der Waals surface area (Å²) in [6.45, 7) is 7.79. The Hall–Kier alpha value is -0.860. The molecule has 0 saturated carbocycles. The van der Waals surface area contributed by atoms with E-state index in [1.54, 1.807) is 0 Å². The summed E-state index contributed by atoms with van der Waals surface area (Å²) in [5.41, 5.74) is 1.44. The van der Waals surface area contributed by atoms with E-state index >= 15 is 0 Å². The maximum atomic E-state index is 3.50. The first-order chi connectivity index (χ1) is 8.20. The van der Waals surface area contributed by atoms with E-state index in [4.69, 9.17) is 0 Å². The van der Waals surface area contributed by atoms with Crippen LogP contribution in [0.25, 0.3) is 0 Å². The van der Waals surface area contributed by atoms with Crippen LogP contribution in [0.1, 0.15) is 25.8 Å². The SMILES string of the molecule is CC(C)N(C)CCNCCCc1ccccc1. The smallest absolute Gasteiger partial charge is 0.0106 e. The quantitative estimate of drug-likeness (QED) is 0.695. The van der Waals surface area contributed by atoms with E-state index in [9.17, 15) is 0 Å². The van der Waals surface area contributed by atoms with Crippen LogP contribution in [0.5, 0.6) is 0 Å². The van der Waals surface area contributed by atoms with Crippen molar-refractivity contribution in [2.24, 2.45) is 0 Å². The lowest BCUT2D eigenvalue weighted by atomic mass is 10.1. The Bertz CT molecular complexity index is 282. The Morgan fingerprint density at radius 2 is 1.82 bits per heavy atom. The summed E-state index contributed by atoms with van der Waals surface area (Å²) in [5.74, 6) is 0. The molecule has 0 aromatic heterocycles. The van der Waals surface area contributed by atoms with Gasteiger partial charge in [-0.2, -0.15) is 0 Å². The largest absolute Gasteiger partial charge is 0.315 e. The van der Waals surface area contributed by atoms with Crippen LogP contribution < -0.4 is 5.32 Å². The number of aryl methyl sites for hydroxylation is 1. The summed E-state index contributed by atoms with van der Waals surface area (Å²) in [6, 6.07) is 11.3. The van der Waals surface area contributed by atoms with E-state index in [-0.39, 0.29) is 0 Å². The van der Waals surface area contributed by atoms with Gasteiger partial charge in [-0.1, -0.05) is 30.3 Å². The van der Waals surface area contributed by atoms with Crippen LogP contribution in [0.15, 0.2) is 30.3 Å². The van der Waals surface area contributed by atoms with Crippen molar-refractivity contribution < 1.29 is 0 Å². The third-order valence-electron chi connectivity index (χ3n) is 3.18. The Morgan fingerprint density at radius 3 is 2.47 bits per heavy atom. The molecule has 2 nitrogen and oxygen atoms in total. The summed E-state index contributed by atoms with van der Waals surface area (Å²) >= 11 is 0. The number of likely N-dealkylation sites (N-methyl/N-ethyl adjacent to an activating group) is 1. The van der Waals surface area contributed by atoms with Crippen LogP contribution in [-0.2, 0) is 6.42 Å². The Kier molecular flexibility index (Phi) is 6.90. The molecule has 1 N–H and O–H groups in total. The maximum Gasteiger partial charge on any atom is 0.0106 e. The van der Waals surface area contributed by atoms with Gasteiger partial charge in [-0.25, -0.2) is 0 Å². The third-order valence-corrected chi connectivity index (χ3v) is 3.18. The van der Waals surface area contributed by atoms with Gasteiger partial charge in [0.25, 0.3) is 0 Å². The average Bonchev–Trinajstić information content (AvgIpc) is 2.34. The molecule has 0 fully saturated rings. The summed E-state index contributed by atoms with van der Waals surface area (Å²) < 4.78 is 0. The highest BCUT2D eigenvalue weighted by atomic mass is 15.1. The van der Waals surface area contributed by atoms with E-state index in [2.05, 4.69) is 61.4 Å². The number of nitrogens with zero attached hydrogens (tertiary/aromatic N) is 1. The minimum Gasteiger partial charge on any atom is -0.315 e. The third kappa shape index (κ3) is 6.44. The molecule has 1 aromatic carbocycles. The summed E-state index contributed by atoms with van der Waals surface area (Å²) in [6.07, 6.45) is 2.39. The van der Waals surface area contributed by atoms with E-state index in [1.807, 2.05) is 0 Å². The zero-order valence-corrected chi connectivity index (χ0v) is 11.4. The molecule has 0 bridgehead atoms. The molecule has 0 radical (unpaired) electrons. The predicted octanol–water partition coefficient (Wildman–Crippen LogP) is 2.55. The van der Waals surface area contributed by atoms with E-state index in [1.165, 1.54) is 18.4 Å². The van der Waals surface area contributed by atoms with Crippen molar-refractivity contribution >= 4 is 0 Å². The normalized spacial score (nSPS) is 11.4. The Labute approximate surface area is 106 Å². The van der Waals surface area contributed by atoms with Crippen LogP contribution >= 0.6 is 0 Å². The second-order valence-corrected chi connectivity index (χ2v) is 4.91. The van der Waals surface area contributed by atoms with E-state index in [0.29, 0.717) is 6.04 Å². The van der Waals surface area contributed by atoms with Gasteiger partial charge in [0, 0.05) is 19.1 Å². The fourth-order valence-electron chi connectivity index (χ4n) is 1.70. The van der Waals surface area contributed by atoms with E-state index in [0.717, 1.165) is 19.6 Å². The van der Waals surface area contributed by atoms with Crippen molar-refractivity contribution in [2.75, 3.05) is 26.7 Å². The van der Waals surface area contributed by atoms with Gasteiger partial charge in [-0.05, 0) is 45.8 Å². The highest BCUT2D eigenvalue weighted by molar-refractivity contribution is 5.14. The Balaban J connectivity index is 1.98. The zero-order chi connectivity index (χ0) is 12.5. The van der Waals surface area contributed by atoms with Crippen LogP contribution in [-0.4, -0.2) is 37.6 Å². The number of rotatable bonds is 8. The fraction of sp³-hybridized carbons (Fsp3) is 0.600. The predicted molar refractivity (Wildman–Crippen MR) is 75.4 cm³/mol. The molecule has 0 saturated heterocycles. The fourth-order valence-corrected chi connectivity index (χ4v) is 1.70. The van der Waals surface area contributed by atoms with Gasteiger partial charge < -0.3 is 10.2 Å². The molecule has 0 aliphatic rings. The van der Waals surface area contributed by atoms with Gasteiger partial charge in [0.1, 0.15) is 0 Å². The molecule has 0 aliphatic carbocycles. The Morgan fingerprint density at radius 1 is 1.12 bits per heavy atom. The molecule has 96 valence electrons. The van der Waals surface area contributed by atoms with Crippen molar-refractivity contribution in [2.45, 2.75) is 32.7 Å². The first-order valence-corrected chi connectivity index (χ1v) is 6.65. The van der Waals surface area contributed by atoms with Gasteiger partial charge in [0.2, 0.25) is 0 Å². The highest BCUT2D eigenvalue weighted by Crippen LogP contribution is 2.01. The van der Waals surface area contributed by atoms with Crippen LogP contribution in [0, 0.1) is 0 Å².